The summed E-state index contributed by atoms with van der Waals surface area (Å²) in [5.74, 6) is 1.69. The van der Waals surface area contributed by atoms with E-state index in [0.717, 1.165) is 40.6 Å². The quantitative estimate of drug-likeness (QED) is 0.151. The van der Waals surface area contributed by atoms with Crippen LogP contribution in [0.1, 0.15) is 30.5 Å². The molecule has 44 heavy (non-hydrogen) atoms. The summed E-state index contributed by atoms with van der Waals surface area (Å²) < 4.78 is 52.5. The SMILES string of the molecule is COc1ccc(Nc2nc(NN=C(C)c3ccc(S(C)(=O)=O)cc3)cc(NN=C(C)c3ccc(S(C)(=O)=O)cc3)n2)c(C)c1. The normalized spacial score (nSPS) is 12.5. The largest absolute Gasteiger partial charge is 0.497 e. The zero-order chi connectivity index (χ0) is 32.1. The van der Waals surface area contributed by atoms with Gasteiger partial charge in [-0.2, -0.15) is 20.2 Å². The van der Waals surface area contributed by atoms with Crippen molar-refractivity contribution in [3.05, 3.63) is 89.5 Å². The maximum absolute atomic E-state index is 11.8. The van der Waals surface area contributed by atoms with E-state index >= 15 is 0 Å². The molecular formula is C30H33N7O5S2. The van der Waals surface area contributed by atoms with Crippen molar-refractivity contribution >= 4 is 54.4 Å². The fraction of sp³-hybridized carbons (Fsp3) is 0.200. The summed E-state index contributed by atoms with van der Waals surface area (Å²) in [6, 6.07) is 20.1. The van der Waals surface area contributed by atoms with Crippen molar-refractivity contribution in [3.8, 4) is 5.75 Å². The zero-order valence-corrected chi connectivity index (χ0v) is 26.7. The van der Waals surface area contributed by atoms with Crippen LogP contribution < -0.4 is 20.9 Å². The first-order chi connectivity index (χ1) is 20.7. The summed E-state index contributed by atoms with van der Waals surface area (Å²) in [5.41, 5.74) is 10.2. The summed E-state index contributed by atoms with van der Waals surface area (Å²) in [6.45, 7) is 5.49. The number of nitrogens with one attached hydrogen (secondary N) is 3. The number of aromatic nitrogens is 2. The van der Waals surface area contributed by atoms with Gasteiger partial charge in [0.05, 0.1) is 28.3 Å². The van der Waals surface area contributed by atoms with Gasteiger partial charge in [-0.1, -0.05) is 24.3 Å². The van der Waals surface area contributed by atoms with Crippen molar-refractivity contribution < 1.29 is 21.6 Å². The number of hydrogen-bond acceptors (Lipinski definition) is 12. The molecule has 0 spiro atoms. The topological polar surface area (TPSA) is 164 Å². The second kappa shape index (κ2) is 13.2. The van der Waals surface area contributed by atoms with Gasteiger partial charge in [0, 0.05) is 24.3 Å². The number of methoxy groups -OCH3 is 1. The molecule has 3 aromatic carbocycles. The highest BCUT2D eigenvalue weighted by Crippen LogP contribution is 2.25. The average molecular weight is 636 g/mol. The summed E-state index contributed by atoms with van der Waals surface area (Å²) in [7, 11) is -5.02. The number of benzene rings is 3. The van der Waals surface area contributed by atoms with E-state index in [1.54, 1.807) is 51.3 Å². The van der Waals surface area contributed by atoms with E-state index in [2.05, 4.69) is 36.3 Å². The third kappa shape index (κ3) is 8.39. The van der Waals surface area contributed by atoms with Gasteiger partial charge in [0.15, 0.2) is 31.3 Å². The van der Waals surface area contributed by atoms with Crippen molar-refractivity contribution in [2.24, 2.45) is 10.2 Å². The first kappa shape index (κ1) is 32.1. The van der Waals surface area contributed by atoms with Crippen molar-refractivity contribution in [3.63, 3.8) is 0 Å². The number of hydrazone groups is 2. The van der Waals surface area contributed by atoms with Gasteiger partial charge in [0.25, 0.3) is 0 Å². The van der Waals surface area contributed by atoms with Crippen LogP contribution in [-0.2, 0) is 19.7 Å². The molecule has 3 N–H and O–H groups in total. The second-order valence-corrected chi connectivity index (χ2v) is 14.0. The number of sulfone groups is 2. The first-order valence-electron chi connectivity index (χ1n) is 13.3. The molecule has 0 radical (unpaired) electrons. The fourth-order valence-electron chi connectivity index (χ4n) is 3.94. The summed E-state index contributed by atoms with van der Waals surface area (Å²) in [6.07, 6.45) is 2.31. The lowest BCUT2D eigenvalue weighted by molar-refractivity contribution is 0.414. The molecule has 0 unspecified atom stereocenters. The van der Waals surface area contributed by atoms with Crippen molar-refractivity contribution in [1.82, 2.24) is 9.97 Å². The van der Waals surface area contributed by atoms with E-state index in [1.807, 2.05) is 25.1 Å². The minimum atomic E-state index is -3.31. The van der Waals surface area contributed by atoms with Crippen molar-refractivity contribution in [2.45, 2.75) is 30.6 Å². The third-order valence-electron chi connectivity index (χ3n) is 6.48. The number of rotatable bonds is 11. The van der Waals surface area contributed by atoms with Crippen LogP contribution >= 0.6 is 0 Å². The zero-order valence-electron chi connectivity index (χ0n) is 25.1. The Morgan fingerprint density at radius 1 is 0.705 bits per heavy atom. The van der Waals surface area contributed by atoms with Crippen LogP contribution in [-0.4, -0.2) is 57.8 Å². The van der Waals surface area contributed by atoms with Crippen molar-refractivity contribution in [1.29, 1.82) is 0 Å². The standard InChI is InChI=1S/C30H33N7O5S2/c1-19-17-24(42-4)11-16-27(19)31-30-32-28(36-34-20(2)22-7-12-25(13-8-22)43(5,38)39)18-29(33-30)37-35-21(3)23-9-14-26(15-10-23)44(6,40)41/h7-18H,1-6H3,(H3,31,32,33,36,37). The Bertz CT molecular complexity index is 1830. The molecule has 14 heteroatoms. The van der Waals surface area contributed by atoms with Gasteiger partial charge in [-0.3, -0.25) is 10.9 Å². The number of aryl methyl sites for hydroxylation is 1. The van der Waals surface area contributed by atoms with Gasteiger partial charge in [0.1, 0.15) is 5.75 Å². The van der Waals surface area contributed by atoms with Crippen LogP contribution in [0.3, 0.4) is 0 Å². The summed E-state index contributed by atoms with van der Waals surface area (Å²) >= 11 is 0. The smallest absolute Gasteiger partial charge is 0.231 e. The van der Waals surface area contributed by atoms with Gasteiger partial charge < -0.3 is 10.1 Å². The number of anilines is 4. The van der Waals surface area contributed by atoms with Crippen molar-refractivity contribution in [2.75, 3.05) is 35.8 Å². The molecule has 1 aromatic heterocycles. The van der Waals surface area contributed by atoms with Gasteiger partial charge in [-0.25, -0.2) is 16.8 Å². The molecule has 4 rings (SSSR count). The van der Waals surface area contributed by atoms with Crippen LogP contribution in [0, 0.1) is 6.92 Å². The Hall–Kier alpha value is -4.82. The molecule has 0 saturated carbocycles. The molecule has 1 heterocycles. The molecule has 230 valence electrons. The lowest BCUT2D eigenvalue weighted by Crippen LogP contribution is -2.07. The predicted octanol–water partition coefficient (Wildman–Crippen LogP) is 5.02. The lowest BCUT2D eigenvalue weighted by atomic mass is 10.1. The van der Waals surface area contributed by atoms with Crippen LogP contribution in [0.2, 0.25) is 0 Å². The Balaban J connectivity index is 1.62. The summed E-state index contributed by atoms with van der Waals surface area (Å²) in [5, 5.41) is 12.1. The molecular weight excluding hydrogens is 603 g/mol. The average Bonchev–Trinajstić information content (AvgIpc) is 2.99. The van der Waals surface area contributed by atoms with E-state index in [1.165, 1.54) is 24.3 Å². The number of nitrogens with zero attached hydrogens (tertiary/aromatic N) is 4. The summed E-state index contributed by atoms with van der Waals surface area (Å²) in [4.78, 5) is 9.54. The van der Waals surface area contributed by atoms with E-state index < -0.39 is 19.7 Å². The van der Waals surface area contributed by atoms with Crippen LogP contribution in [0.4, 0.5) is 23.3 Å². The van der Waals surface area contributed by atoms with E-state index in [9.17, 15) is 16.8 Å². The molecule has 0 amide bonds. The van der Waals surface area contributed by atoms with Crippen LogP contribution in [0.5, 0.6) is 5.75 Å². The van der Waals surface area contributed by atoms with Gasteiger partial charge >= 0.3 is 0 Å². The molecule has 0 bridgehead atoms. The minimum absolute atomic E-state index is 0.222. The Morgan fingerprint density at radius 3 is 1.55 bits per heavy atom. The molecule has 0 aliphatic heterocycles. The Morgan fingerprint density at radius 2 is 1.16 bits per heavy atom. The molecule has 12 nitrogen and oxygen atoms in total. The predicted molar refractivity (Wildman–Crippen MR) is 174 cm³/mol. The van der Waals surface area contributed by atoms with E-state index in [0.29, 0.717) is 23.1 Å². The molecule has 0 aliphatic carbocycles. The highest BCUT2D eigenvalue weighted by molar-refractivity contribution is 7.91. The molecule has 4 aromatic rings. The van der Waals surface area contributed by atoms with Gasteiger partial charge in [-0.05, 0) is 79.9 Å². The first-order valence-corrected chi connectivity index (χ1v) is 17.0. The number of ether oxygens (including phenoxy) is 1. The van der Waals surface area contributed by atoms with Gasteiger partial charge in [0.2, 0.25) is 5.95 Å². The highest BCUT2D eigenvalue weighted by Gasteiger charge is 2.11. The van der Waals surface area contributed by atoms with E-state index in [-0.39, 0.29) is 15.7 Å². The van der Waals surface area contributed by atoms with Crippen LogP contribution in [0.25, 0.3) is 0 Å². The lowest BCUT2D eigenvalue weighted by Gasteiger charge is -2.12. The second-order valence-electron chi connectivity index (χ2n) is 9.98. The molecule has 0 fully saturated rings. The monoisotopic (exact) mass is 635 g/mol. The highest BCUT2D eigenvalue weighted by atomic mass is 32.2. The fourth-order valence-corrected chi connectivity index (χ4v) is 5.20. The molecule has 0 saturated heterocycles. The number of hydrogen-bond donors (Lipinski definition) is 3. The minimum Gasteiger partial charge on any atom is -0.497 e. The van der Waals surface area contributed by atoms with Crippen LogP contribution in [0.15, 0.2) is 92.8 Å². The van der Waals surface area contributed by atoms with Gasteiger partial charge in [-0.15, -0.1) is 0 Å². The third-order valence-corrected chi connectivity index (χ3v) is 8.74. The van der Waals surface area contributed by atoms with E-state index in [4.69, 9.17) is 4.74 Å². The maximum atomic E-state index is 11.8. The Labute approximate surface area is 257 Å². The Kier molecular flexibility index (Phi) is 9.65. The molecule has 0 atom stereocenters. The molecule has 0 aliphatic rings. The maximum Gasteiger partial charge on any atom is 0.231 e.